The Morgan fingerprint density at radius 1 is 1.21 bits per heavy atom. The summed E-state index contributed by atoms with van der Waals surface area (Å²) in [7, 11) is 0. The summed E-state index contributed by atoms with van der Waals surface area (Å²) in [6, 6.07) is 11.9. The van der Waals surface area contributed by atoms with Crippen LogP contribution in [-0.2, 0) is 17.9 Å². The third-order valence-electron chi connectivity index (χ3n) is 5.23. The molecule has 0 aliphatic carbocycles. The van der Waals surface area contributed by atoms with Gasteiger partial charge in [0.25, 0.3) is 0 Å². The normalized spacial score (nSPS) is 17.2. The zero-order valence-corrected chi connectivity index (χ0v) is 16.5. The zero-order valence-electron chi connectivity index (χ0n) is 16.5. The van der Waals surface area contributed by atoms with E-state index in [0.717, 1.165) is 30.5 Å². The van der Waals surface area contributed by atoms with Crippen LogP contribution in [-0.4, -0.2) is 39.0 Å². The second kappa shape index (κ2) is 8.96. The van der Waals surface area contributed by atoms with Gasteiger partial charge in [-0.15, -0.1) is 0 Å². The molecule has 0 bridgehead atoms. The van der Waals surface area contributed by atoms with Gasteiger partial charge in [-0.05, 0) is 44.0 Å². The quantitative estimate of drug-likeness (QED) is 0.695. The first kappa shape index (κ1) is 19.3. The maximum atomic E-state index is 12.6. The molecular formula is C22H25N5O2. The largest absolute Gasteiger partial charge is 0.352 e. The van der Waals surface area contributed by atoms with Crippen LogP contribution in [0.2, 0.25) is 0 Å². The fraction of sp³-hybridized carbons (Fsp3) is 0.364. The summed E-state index contributed by atoms with van der Waals surface area (Å²) in [5.41, 5.74) is 3.19. The Labute approximate surface area is 170 Å². The predicted octanol–water partition coefficient (Wildman–Crippen LogP) is 2.97. The van der Waals surface area contributed by atoms with Crippen molar-refractivity contribution in [2.24, 2.45) is 5.92 Å². The molecule has 1 fully saturated rings. The SMILES string of the molecule is Cc1ccc(-c2noc(CN3CCCC(C(=O)NCc4ccncc4)C3)n2)cc1. The summed E-state index contributed by atoms with van der Waals surface area (Å²) in [6.45, 7) is 4.76. The molecule has 1 aliphatic heterocycles. The number of amides is 1. The number of aryl methyl sites for hydroxylation is 1. The highest BCUT2D eigenvalue weighted by atomic mass is 16.5. The van der Waals surface area contributed by atoms with Crippen molar-refractivity contribution in [3.05, 3.63) is 65.8 Å². The van der Waals surface area contributed by atoms with Crippen molar-refractivity contribution >= 4 is 5.91 Å². The number of carbonyl (C=O) groups is 1. The van der Waals surface area contributed by atoms with Crippen molar-refractivity contribution < 1.29 is 9.32 Å². The molecule has 1 aliphatic rings. The van der Waals surface area contributed by atoms with E-state index in [1.54, 1.807) is 12.4 Å². The number of nitrogens with one attached hydrogen (secondary N) is 1. The molecule has 0 saturated carbocycles. The minimum Gasteiger partial charge on any atom is -0.352 e. The Bertz CT molecular complexity index is 939. The zero-order chi connectivity index (χ0) is 20.1. The summed E-state index contributed by atoms with van der Waals surface area (Å²) in [5, 5.41) is 7.14. The number of carbonyl (C=O) groups excluding carboxylic acids is 1. The van der Waals surface area contributed by atoms with Crippen molar-refractivity contribution in [1.82, 2.24) is 25.3 Å². The van der Waals surface area contributed by atoms with Gasteiger partial charge in [0.15, 0.2) is 0 Å². The van der Waals surface area contributed by atoms with Crippen LogP contribution >= 0.6 is 0 Å². The molecule has 150 valence electrons. The number of rotatable bonds is 6. The van der Waals surface area contributed by atoms with E-state index >= 15 is 0 Å². The van der Waals surface area contributed by atoms with E-state index in [2.05, 4.69) is 25.3 Å². The standard InChI is InChI=1S/C22H25N5O2/c1-16-4-6-18(7-5-16)21-25-20(29-26-21)15-27-12-2-3-19(14-27)22(28)24-13-17-8-10-23-11-9-17/h4-11,19H,2-3,12-15H2,1H3,(H,24,28). The first-order valence-electron chi connectivity index (χ1n) is 9.96. The van der Waals surface area contributed by atoms with Gasteiger partial charge in [0.2, 0.25) is 17.6 Å². The Morgan fingerprint density at radius 2 is 2.00 bits per heavy atom. The molecule has 1 atom stereocenters. The van der Waals surface area contributed by atoms with Crippen LogP contribution in [0.4, 0.5) is 0 Å². The average molecular weight is 391 g/mol. The molecule has 1 amide bonds. The minimum absolute atomic E-state index is 0.0231. The van der Waals surface area contributed by atoms with Crippen LogP contribution < -0.4 is 5.32 Å². The highest BCUT2D eigenvalue weighted by Crippen LogP contribution is 2.21. The minimum atomic E-state index is -0.0231. The van der Waals surface area contributed by atoms with Gasteiger partial charge in [0.05, 0.1) is 12.5 Å². The summed E-state index contributed by atoms with van der Waals surface area (Å²) in [5.74, 6) is 1.25. The van der Waals surface area contributed by atoms with Crippen LogP contribution in [0.5, 0.6) is 0 Å². The second-order valence-electron chi connectivity index (χ2n) is 7.53. The monoisotopic (exact) mass is 391 g/mol. The molecule has 4 rings (SSSR count). The number of hydrogen-bond acceptors (Lipinski definition) is 6. The van der Waals surface area contributed by atoms with Crippen LogP contribution in [0.1, 0.15) is 29.9 Å². The summed E-state index contributed by atoms with van der Waals surface area (Å²) < 4.78 is 5.44. The number of pyridine rings is 1. The third-order valence-corrected chi connectivity index (χ3v) is 5.23. The van der Waals surface area contributed by atoms with Crippen molar-refractivity contribution in [1.29, 1.82) is 0 Å². The van der Waals surface area contributed by atoms with E-state index in [9.17, 15) is 4.79 Å². The van der Waals surface area contributed by atoms with Gasteiger partial charge in [0, 0.05) is 31.0 Å². The van der Waals surface area contributed by atoms with Gasteiger partial charge in [-0.1, -0.05) is 35.0 Å². The Hall–Kier alpha value is -3.06. The first-order chi connectivity index (χ1) is 14.2. The first-order valence-corrected chi connectivity index (χ1v) is 9.96. The van der Waals surface area contributed by atoms with E-state index in [1.807, 2.05) is 43.3 Å². The molecule has 1 aromatic carbocycles. The van der Waals surface area contributed by atoms with Gasteiger partial charge in [0.1, 0.15) is 0 Å². The van der Waals surface area contributed by atoms with Gasteiger partial charge >= 0.3 is 0 Å². The topological polar surface area (TPSA) is 84.2 Å². The van der Waals surface area contributed by atoms with Crippen molar-refractivity contribution in [3.8, 4) is 11.4 Å². The van der Waals surface area contributed by atoms with Crippen LogP contribution in [0, 0.1) is 12.8 Å². The van der Waals surface area contributed by atoms with Gasteiger partial charge in [-0.2, -0.15) is 4.98 Å². The summed E-state index contributed by atoms with van der Waals surface area (Å²) >= 11 is 0. The number of nitrogens with zero attached hydrogens (tertiary/aromatic N) is 4. The van der Waals surface area contributed by atoms with E-state index in [4.69, 9.17) is 4.52 Å². The predicted molar refractivity (Wildman–Crippen MR) is 109 cm³/mol. The van der Waals surface area contributed by atoms with E-state index < -0.39 is 0 Å². The molecular weight excluding hydrogens is 366 g/mol. The lowest BCUT2D eigenvalue weighted by Crippen LogP contribution is -2.42. The molecule has 1 unspecified atom stereocenters. The maximum Gasteiger partial charge on any atom is 0.241 e. The van der Waals surface area contributed by atoms with Gasteiger partial charge in [-0.3, -0.25) is 14.7 Å². The van der Waals surface area contributed by atoms with Crippen molar-refractivity contribution in [2.75, 3.05) is 13.1 Å². The Balaban J connectivity index is 1.32. The average Bonchev–Trinajstić information content (AvgIpc) is 3.22. The maximum absolute atomic E-state index is 12.6. The number of aromatic nitrogens is 3. The molecule has 1 saturated heterocycles. The highest BCUT2D eigenvalue weighted by molar-refractivity contribution is 5.78. The van der Waals surface area contributed by atoms with Crippen molar-refractivity contribution in [3.63, 3.8) is 0 Å². The molecule has 0 spiro atoms. The number of benzene rings is 1. The molecule has 3 heterocycles. The Kier molecular flexibility index (Phi) is 5.95. The fourth-order valence-corrected chi connectivity index (χ4v) is 3.58. The van der Waals surface area contributed by atoms with E-state index in [0.29, 0.717) is 31.3 Å². The number of likely N-dealkylation sites (tertiary alicyclic amines) is 1. The lowest BCUT2D eigenvalue weighted by molar-refractivity contribution is -0.127. The van der Waals surface area contributed by atoms with Crippen molar-refractivity contribution in [2.45, 2.75) is 32.9 Å². The second-order valence-corrected chi connectivity index (χ2v) is 7.53. The Morgan fingerprint density at radius 3 is 2.79 bits per heavy atom. The summed E-state index contributed by atoms with van der Waals surface area (Å²) in [4.78, 5) is 23.3. The van der Waals surface area contributed by atoms with Crippen LogP contribution in [0.3, 0.4) is 0 Å². The van der Waals surface area contributed by atoms with Crippen LogP contribution in [0.25, 0.3) is 11.4 Å². The van der Waals surface area contributed by atoms with Gasteiger partial charge < -0.3 is 9.84 Å². The van der Waals surface area contributed by atoms with E-state index in [-0.39, 0.29) is 11.8 Å². The molecule has 1 N–H and O–H groups in total. The molecule has 7 heteroatoms. The fourth-order valence-electron chi connectivity index (χ4n) is 3.58. The molecule has 2 aromatic heterocycles. The van der Waals surface area contributed by atoms with Gasteiger partial charge in [-0.25, -0.2) is 0 Å². The van der Waals surface area contributed by atoms with Crippen LogP contribution in [0.15, 0.2) is 53.3 Å². The third kappa shape index (κ3) is 5.06. The molecule has 0 radical (unpaired) electrons. The molecule has 3 aromatic rings. The lowest BCUT2D eigenvalue weighted by Gasteiger charge is -2.30. The molecule has 7 nitrogen and oxygen atoms in total. The lowest BCUT2D eigenvalue weighted by atomic mass is 9.97. The summed E-state index contributed by atoms with van der Waals surface area (Å²) in [6.07, 6.45) is 5.35. The number of hydrogen-bond donors (Lipinski definition) is 1. The van der Waals surface area contributed by atoms with E-state index in [1.165, 1.54) is 5.56 Å². The highest BCUT2D eigenvalue weighted by Gasteiger charge is 2.26. The smallest absolute Gasteiger partial charge is 0.241 e. The molecule has 29 heavy (non-hydrogen) atoms. The number of piperidine rings is 1.